The van der Waals surface area contributed by atoms with Gasteiger partial charge in [0.05, 0.1) is 24.8 Å². The monoisotopic (exact) mass is 251 g/mol. The average Bonchev–Trinajstić information content (AvgIpc) is 2.14. The number of nitrogens with zero attached hydrogens (tertiary/aromatic N) is 1. The molecule has 0 saturated heterocycles. The number of rotatable bonds is 4. The zero-order valence-corrected chi connectivity index (χ0v) is 8.96. The molecule has 0 amide bonds. The molecule has 0 spiro atoms. The van der Waals surface area contributed by atoms with E-state index in [-0.39, 0.29) is 11.4 Å². The second kappa shape index (κ2) is 5.07. The normalized spacial score (nSPS) is 10.6. The third kappa shape index (κ3) is 2.79. The van der Waals surface area contributed by atoms with Crippen LogP contribution in [0.1, 0.15) is 17.7 Å². The lowest BCUT2D eigenvalue weighted by molar-refractivity contribution is -0.136. The maximum atomic E-state index is 12.5. The molecule has 0 fully saturated rings. The number of ether oxygens (including phenoxy) is 1. The quantitative estimate of drug-likeness (QED) is 0.834. The van der Waals surface area contributed by atoms with Crippen LogP contribution in [-0.2, 0) is 11.2 Å². The molecule has 88 valence electrons. The van der Waals surface area contributed by atoms with E-state index in [2.05, 4.69) is 4.98 Å². The van der Waals surface area contributed by atoms with Crippen LogP contribution in [0.25, 0.3) is 0 Å². The van der Waals surface area contributed by atoms with Gasteiger partial charge in [0.2, 0.25) is 0 Å². The van der Waals surface area contributed by atoms with Gasteiger partial charge in [-0.1, -0.05) is 11.6 Å². The summed E-state index contributed by atoms with van der Waals surface area (Å²) in [5, 5.41) is 8.09. The van der Waals surface area contributed by atoms with Crippen molar-refractivity contribution >= 4 is 17.6 Å². The zero-order valence-electron chi connectivity index (χ0n) is 8.21. The Kier molecular flexibility index (Phi) is 4.00. The second-order valence-electron chi connectivity index (χ2n) is 2.89. The number of alkyl halides is 2. The van der Waals surface area contributed by atoms with Gasteiger partial charge in [0.25, 0.3) is 6.43 Å². The first-order chi connectivity index (χ1) is 7.45. The highest BCUT2D eigenvalue weighted by Gasteiger charge is 2.21. The summed E-state index contributed by atoms with van der Waals surface area (Å²) < 4.78 is 29.8. The fourth-order valence-corrected chi connectivity index (χ4v) is 1.45. The molecule has 0 atom stereocenters. The minimum atomic E-state index is -2.83. The van der Waals surface area contributed by atoms with Gasteiger partial charge in [0.1, 0.15) is 10.9 Å². The summed E-state index contributed by atoms with van der Waals surface area (Å²) in [7, 11) is 1.20. The molecule has 16 heavy (non-hydrogen) atoms. The van der Waals surface area contributed by atoms with E-state index in [1.165, 1.54) is 7.11 Å². The predicted octanol–water partition coefficient (Wildman–Crippen LogP) is 2.31. The molecular formula is C9H8ClF2NO3. The number of carbonyl (C=O) groups is 1. The van der Waals surface area contributed by atoms with E-state index in [9.17, 15) is 13.6 Å². The summed E-state index contributed by atoms with van der Waals surface area (Å²) in [5.74, 6) is -1.29. The maximum absolute atomic E-state index is 12.5. The summed E-state index contributed by atoms with van der Waals surface area (Å²) >= 11 is 5.53. The second-order valence-corrected chi connectivity index (χ2v) is 3.25. The lowest BCUT2D eigenvalue weighted by atomic mass is 10.2. The van der Waals surface area contributed by atoms with E-state index in [0.29, 0.717) is 0 Å². The lowest BCUT2D eigenvalue weighted by Gasteiger charge is -2.10. The van der Waals surface area contributed by atoms with Gasteiger partial charge >= 0.3 is 5.97 Å². The number of aromatic nitrogens is 1. The van der Waals surface area contributed by atoms with E-state index in [1.807, 2.05) is 0 Å². The Morgan fingerprint density at radius 2 is 2.31 bits per heavy atom. The number of carboxylic acid groups (broad SMARTS) is 1. The first-order valence-corrected chi connectivity index (χ1v) is 4.56. The van der Waals surface area contributed by atoms with E-state index in [0.717, 1.165) is 6.07 Å². The van der Waals surface area contributed by atoms with Gasteiger partial charge in [-0.3, -0.25) is 4.79 Å². The molecule has 1 aromatic rings. The number of hydrogen-bond acceptors (Lipinski definition) is 3. The van der Waals surface area contributed by atoms with Gasteiger partial charge in [-0.05, 0) is 0 Å². The molecule has 0 bridgehead atoms. The smallest absolute Gasteiger partial charge is 0.309 e. The van der Waals surface area contributed by atoms with Crippen molar-refractivity contribution in [3.05, 3.63) is 22.5 Å². The minimum absolute atomic E-state index is 0.0683. The summed E-state index contributed by atoms with van der Waals surface area (Å²) in [4.78, 5) is 14.0. The Bertz CT molecular complexity index is 412. The Morgan fingerprint density at radius 3 is 2.75 bits per heavy atom. The molecule has 0 radical (unpaired) electrons. The van der Waals surface area contributed by atoms with Crippen LogP contribution >= 0.6 is 11.6 Å². The Balaban J connectivity index is 3.20. The molecule has 0 aliphatic rings. The number of methoxy groups -OCH3 is 1. The Morgan fingerprint density at radius 1 is 1.69 bits per heavy atom. The Labute approximate surface area is 94.8 Å². The van der Waals surface area contributed by atoms with Crippen molar-refractivity contribution in [2.45, 2.75) is 12.8 Å². The average molecular weight is 252 g/mol. The highest BCUT2D eigenvalue weighted by Crippen LogP contribution is 2.34. The van der Waals surface area contributed by atoms with E-state index >= 15 is 0 Å². The van der Waals surface area contributed by atoms with Crippen molar-refractivity contribution in [1.29, 1.82) is 0 Å². The van der Waals surface area contributed by atoms with Crippen LogP contribution in [0.4, 0.5) is 8.78 Å². The molecule has 1 N–H and O–H groups in total. The number of hydrogen-bond donors (Lipinski definition) is 1. The van der Waals surface area contributed by atoms with E-state index < -0.39 is 29.5 Å². The predicted molar refractivity (Wildman–Crippen MR) is 52.1 cm³/mol. The van der Waals surface area contributed by atoms with Gasteiger partial charge in [-0.2, -0.15) is 0 Å². The summed E-state index contributed by atoms with van der Waals surface area (Å²) in [5.41, 5.74) is -0.461. The van der Waals surface area contributed by atoms with E-state index in [1.54, 1.807) is 0 Å². The molecule has 7 heteroatoms. The van der Waals surface area contributed by atoms with Gasteiger partial charge in [0.15, 0.2) is 0 Å². The fraction of sp³-hybridized carbons (Fsp3) is 0.333. The van der Waals surface area contributed by atoms with Crippen LogP contribution in [0.2, 0.25) is 5.15 Å². The third-order valence-corrected chi connectivity index (χ3v) is 2.09. The molecule has 0 unspecified atom stereocenters. The summed E-state index contributed by atoms with van der Waals surface area (Å²) in [6.45, 7) is 0. The van der Waals surface area contributed by atoms with Gasteiger partial charge in [-0.25, -0.2) is 13.8 Å². The molecule has 0 aromatic carbocycles. The van der Waals surface area contributed by atoms with E-state index in [4.69, 9.17) is 21.4 Å². The summed E-state index contributed by atoms with van der Waals surface area (Å²) in [6.07, 6.45) is -3.23. The topological polar surface area (TPSA) is 59.4 Å². The van der Waals surface area contributed by atoms with Gasteiger partial charge in [0, 0.05) is 6.07 Å². The lowest BCUT2D eigenvalue weighted by Crippen LogP contribution is -2.05. The highest BCUT2D eigenvalue weighted by atomic mass is 35.5. The van der Waals surface area contributed by atoms with Crippen LogP contribution < -0.4 is 4.74 Å². The van der Waals surface area contributed by atoms with Crippen molar-refractivity contribution < 1.29 is 23.4 Å². The summed E-state index contributed by atoms with van der Waals surface area (Å²) in [6, 6.07) is 1.14. The first-order valence-electron chi connectivity index (χ1n) is 4.19. The molecule has 0 saturated carbocycles. The molecule has 4 nitrogen and oxygen atoms in total. The van der Waals surface area contributed by atoms with Crippen LogP contribution in [0.15, 0.2) is 6.07 Å². The van der Waals surface area contributed by atoms with Crippen LogP contribution in [0.5, 0.6) is 5.75 Å². The molecule has 0 aliphatic heterocycles. The van der Waals surface area contributed by atoms with Crippen molar-refractivity contribution in [3.63, 3.8) is 0 Å². The fourth-order valence-electron chi connectivity index (χ4n) is 1.16. The molecule has 1 heterocycles. The van der Waals surface area contributed by atoms with Crippen molar-refractivity contribution in [1.82, 2.24) is 4.98 Å². The van der Waals surface area contributed by atoms with Gasteiger partial charge < -0.3 is 9.84 Å². The van der Waals surface area contributed by atoms with Crippen molar-refractivity contribution in [2.24, 2.45) is 0 Å². The molecule has 1 rings (SSSR count). The number of halogens is 3. The van der Waals surface area contributed by atoms with Crippen LogP contribution in [0.3, 0.4) is 0 Å². The molecule has 0 aliphatic carbocycles. The maximum Gasteiger partial charge on any atom is 0.309 e. The SMILES string of the molecule is COc1cc(CC(=O)O)nc(Cl)c1C(F)F. The van der Waals surface area contributed by atoms with Crippen molar-refractivity contribution in [3.8, 4) is 5.75 Å². The highest BCUT2D eigenvalue weighted by molar-refractivity contribution is 6.30. The Hall–Kier alpha value is -1.43. The van der Waals surface area contributed by atoms with Gasteiger partial charge in [-0.15, -0.1) is 0 Å². The number of carboxylic acids is 1. The first kappa shape index (κ1) is 12.6. The minimum Gasteiger partial charge on any atom is -0.496 e. The number of aliphatic carboxylic acids is 1. The van der Waals surface area contributed by atoms with Crippen LogP contribution in [-0.4, -0.2) is 23.2 Å². The largest absolute Gasteiger partial charge is 0.496 e. The molecule has 1 aromatic heterocycles. The number of pyridine rings is 1. The molecular weight excluding hydrogens is 244 g/mol. The van der Waals surface area contributed by atoms with Crippen molar-refractivity contribution in [2.75, 3.05) is 7.11 Å². The zero-order chi connectivity index (χ0) is 12.3. The van der Waals surface area contributed by atoms with Crippen LogP contribution in [0, 0.1) is 0 Å². The standard InChI is InChI=1S/C9H8ClF2NO3/c1-16-5-2-4(3-6(14)15)13-8(10)7(5)9(11)12/h2,9H,3H2,1H3,(H,14,15). The third-order valence-electron chi connectivity index (χ3n) is 1.80.